The van der Waals surface area contributed by atoms with E-state index >= 15 is 0 Å². The largest absolute Gasteiger partial charge is 0.351 e. The lowest BCUT2D eigenvalue weighted by molar-refractivity contribution is 0.0956. The molecule has 0 spiro atoms. The molecule has 0 bridgehead atoms. The molecule has 0 atom stereocenters. The van der Waals surface area contributed by atoms with Crippen molar-refractivity contribution in [1.82, 2.24) is 5.32 Å². The van der Waals surface area contributed by atoms with Crippen LogP contribution in [0.3, 0.4) is 0 Å². The van der Waals surface area contributed by atoms with Gasteiger partial charge in [0.15, 0.2) is 0 Å². The number of carbonyl (C=O) groups is 1. The number of thioether (sulfide) groups is 1. The van der Waals surface area contributed by atoms with Crippen LogP contribution >= 0.6 is 27.7 Å². The van der Waals surface area contributed by atoms with Crippen LogP contribution in [0.25, 0.3) is 0 Å². The summed E-state index contributed by atoms with van der Waals surface area (Å²) in [6, 6.07) is 15.9. The highest BCUT2D eigenvalue weighted by atomic mass is 79.9. The van der Waals surface area contributed by atoms with E-state index in [0.29, 0.717) is 12.1 Å². The van der Waals surface area contributed by atoms with E-state index in [0.717, 1.165) is 16.0 Å². The number of amides is 1. The molecule has 4 heteroatoms. The van der Waals surface area contributed by atoms with E-state index in [1.807, 2.05) is 36.0 Å². The van der Waals surface area contributed by atoms with Gasteiger partial charge >= 0.3 is 0 Å². The van der Waals surface area contributed by atoms with Crippen LogP contribution in [0.1, 0.15) is 21.5 Å². The molecule has 0 saturated carbocycles. The summed E-state index contributed by atoms with van der Waals surface area (Å²) in [5, 5.41) is 2.94. The Balaban J connectivity index is 1.68. The van der Waals surface area contributed by atoms with Crippen molar-refractivity contribution in [3.8, 4) is 0 Å². The van der Waals surface area contributed by atoms with Crippen LogP contribution < -0.4 is 5.32 Å². The lowest BCUT2D eigenvalue weighted by Gasteiger charge is -2.06. The van der Waals surface area contributed by atoms with Crippen LogP contribution in [0.2, 0.25) is 0 Å². The first kappa shape index (κ1) is 16.1. The Hall–Kier alpha value is -1.26. The molecule has 1 N–H and O–H groups in total. The number of hydrogen-bond acceptors (Lipinski definition) is 2. The second kappa shape index (κ2) is 8.25. The molecule has 21 heavy (non-hydrogen) atoms. The van der Waals surface area contributed by atoms with E-state index < -0.39 is 0 Å². The van der Waals surface area contributed by atoms with Crippen LogP contribution in [0.5, 0.6) is 0 Å². The molecule has 0 aliphatic rings. The predicted molar refractivity (Wildman–Crippen MR) is 93.8 cm³/mol. The molecule has 0 fully saturated rings. The minimum Gasteiger partial charge on any atom is -0.351 e. The molecule has 1 amide bonds. The zero-order chi connectivity index (χ0) is 15.1. The molecule has 0 radical (unpaired) electrons. The van der Waals surface area contributed by atoms with E-state index in [1.54, 1.807) is 0 Å². The van der Waals surface area contributed by atoms with Crippen molar-refractivity contribution in [2.75, 3.05) is 12.3 Å². The quantitative estimate of drug-likeness (QED) is 0.769. The van der Waals surface area contributed by atoms with Gasteiger partial charge in [0.2, 0.25) is 0 Å². The number of nitrogens with one attached hydrogen (secondary N) is 1. The Bertz CT molecular complexity index is 598. The van der Waals surface area contributed by atoms with Gasteiger partial charge in [-0.2, -0.15) is 11.8 Å². The molecule has 2 rings (SSSR count). The first-order valence-electron chi connectivity index (χ1n) is 6.82. The highest BCUT2D eigenvalue weighted by molar-refractivity contribution is 9.10. The molecule has 0 heterocycles. The summed E-state index contributed by atoms with van der Waals surface area (Å²) in [6.07, 6.45) is 0. The molecule has 0 aromatic heterocycles. The molecule has 110 valence electrons. The lowest BCUT2D eigenvalue weighted by Crippen LogP contribution is -2.25. The Morgan fingerprint density at radius 2 is 1.95 bits per heavy atom. The molecular weight excluding hydrogens is 346 g/mol. The summed E-state index contributed by atoms with van der Waals surface area (Å²) in [5.41, 5.74) is 3.32. The SMILES string of the molecule is Cc1cccc(CSCCNC(=O)c2ccc(Br)cc2)c1. The normalized spacial score (nSPS) is 10.4. The number of benzene rings is 2. The van der Waals surface area contributed by atoms with Gasteiger partial charge in [-0.15, -0.1) is 0 Å². The molecule has 0 saturated heterocycles. The Morgan fingerprint density at radius 3 is 2.67 bits per heavy atom. The van der Waals surface area contributed by atoms with Crippen molar-refractivity contribution >= 4 is 33.6 Å². The fraction of sp³-hybridized carbons (Fsp3) is 0.235. The molecule has 2 aromatic carbocycles. The average Bonchev–Trinajstić information content (AvgIpc) is 2.47. The maximum atomic E-state index is 11.9. The highest BCUT2D eigenvalue weighted by Crippen LogP contribution is 2.13. The van der Waals surface area contributed by atoms with E-state index in [1.165, 1.54) is 11.1 Å². The summed E-state index contributed by atoms with van der Waals surface area (Å²) in [7, 11) is 0. The topological polar surface area (TPSA) is 29.1 Å². The zero-order valence-electron chi connectivity index (χ0n) is 11.9. The fourth-order valence-corrected chi connectivity index (χ4v) is 3.00. The van der Waals surface area contributed by atoms with Gasteiger partial charge in [0.05, 0.1) is 0 Å². The number of carbonyl (C=O) groups excluding carboxylic acids is 1. The van der Waals surface area contributed by atoms with E-state index in [4.69, 9.17) is 0 Å². The number of rotatable bonds is 6. The Morgan fingerprint density at radius 1 is 1.19 bits per heavy atom. The van der Waals surface area contributed by atoms with Crippen molar-refractivity contribution in [1.29, 1.82) is 0 Å². The summed E-state index contributed by atoms with van der Waals surface area (Å²) in [5.74, 6) is 1.88. The van der Waals surface area contributed by atoms with E-state index in [9.17, 15) is 4.79 Å². The lowest BCUT2D eigenvalue weighted by atomic mass is 10.2. The minimum atomic E-state index is -0.0151. The second-order valence-corrected chi connectivity index (χ2v) is 6.83. The van der Waals surface area contributed by atoms with Crippen LogP contribution in [-0.4, -0.2) is 18.2 Å². The van der Waals surface area contributed by atoms with Crippen molar-refractivity contribution < 1.29 is 4.79 Å². The van der Waals surface area contributed by atoms with Gasteiger partial charge in [0.25, 0.3) is 5.91 Å². The van der Waals surface area contributed by atoms with Gasteiger partial charge in [-0.05, 0) is 36.8 Å². The Labute approximate surface area is 138 Å². The fourth-order valence-electron chi connectivity index (χ4n) is 1.93. The maximum Gasteiger partial charge on any atom is 0.251 e. The van der Waals surface area contributed by atoms with Gasteiger partial charge < -0.3 is 5.32 Å². The van der Waals surface area contributed by atoms with Crippen LogP contribution in [0.4, 0.5) is 0 Å². The van der Waals surface area contributed by atoms with E-state index in [2.05, 4.69) is 52.4 Å². The minimum absolute atomic E-state index is 0.0151. The third-order valence-electron chi connectivity index (χ3n) is 2.99. The van der Waals surface area contributed by atoms with Crippen molar-refractivity contribution in [3.63, 3.8) is 0 Å². The predicted octanol–water partition coefficient (Wildman–Crippen LogP) is 4.42. The monoisotopic (exact) mass is 363 g/mol. The molecule has 0 aliphatic carbocycles. The highest BCUT2D eigenvalue weighted by Gasteiger charge is 2.03. The molecule has 0 unspecified atom stereocenters. The number of hydrogen-bond donors (Lipinski definition) is 1. The van der Waals surface area contributed by atoms with Gasteiger partial charge in [0, 0.05) is 28.1 Å². The second-order valence-electron chi connectivity index (χ2n) is 4.80. The van der Waals surface area contributed by atoms with Gasteiger partial charge in [0.1, 0.15) is 0 Å². The number of aryl methyl sites for hydroxylation is 1. The summed E-state index contributed by atoms with van der Waals surface area (Å²) in [4.78, 5) is 11.9. The molecule has 2 nitrogen and oxygen atoms in total. The summed E-state index contributed by atoms with van der Waals surface area (Å²) < 4.78 is 0.979. The zero-order valence-corrected chi connectivity index (χ0v) is 14.3. The van der Waals surface area contributed by atoms with Gasteiger partial charge in [-0.1, -0.05) is 45.8 Å². The van der Waals surface area contributed by atoms with Crippen molar-refractivity contribution in [3.05, 3.63) is 69.7 Å². The van der Waals surface area contributed by atoms with Crippen molar-refractivity contribution in [2.24, 2.45) is 0 Å². The van der Waals surface area contributed by atoms with Crippen LogP contribution in [-0.2, 0) is 5.75 Å². The average molecular weight is 364 g/mol. The van der Waals surface area contributed by atoms with Crippen LogP contribution in [0, 0.1) is 6.92 Å². The Kier molecular flexibility index (Phi) is 6.33. The van der Waals surface area contributed by atoms with Crippen LogP contribution in [0.15, 0.2) is 53.0 Å². The van der Waals surface area contributed by atoms with Crippen molar-refractivity contribution in [2.45, 2.75) is 12.7 Å². The smallest absolute Gasteiger partial charge is 0.251 e. The summed E-state index contributed by atoms with van der Waals surface area (Å²) >= 11 is 5.19. The molecular formula is C17H18BrNOS. The van der Waals surface area contributed by atoms with Gasteiger partial charge in [-0.3, -0.25) is 4.79 Å². The maximum absolute atomic E-state index is 11.9. The molecule has 0 aliphatic heterocycles. The third kappa shape index (κ3) is 5.56. The standard InChI is InChI=1S/C17H18BrNOS/c1-13-3-2-4-14(11-13)12-21-10-9-19-17(20)15-5-7-16(18)8-6-15/h2-8,11H,9-10,12H2,1H3,(H,19,20). The summed E-state index contributed by atoms with van der Waals surface area (Å²) in [6.45, 7) is 2.79. The first-order valence-corrected chi connectivity index (χ1v) is 8.77. The van der Waals surface area contributed by atoms with Gasteiger partial charge in [-0.25, -0.2) is 0 Å². The van der Waals surface area contributed by atoms with E-state index in [-0.39, 0.29) is 5.91 Å². The number of halogens is 1. The first-order chi connectivity index (χ1) is 10.1. The third-order valence-corrected chi connectivity index (χ3v) is 4.55. The molecule has 2 aromatic rings.